The first kappa shape index (κ1) is 15.3. The highest BCUT2D eigenvalue weighted by molar-refractivity contribution is 9.10. The molecule has 0 aliphatic rings. The van der Waals surface area contributed by atoms with Crippen LogP contribution in [0.25, 0.3) is 0 Å². The summed E-state index contributed by atoms with van der Waals surface area (Å²) in [6, 6.07) is 2.26. The van der Waals surface area contributed by atoms with Crippen LogP contribution in [-0.2, 0) is 20.0 Å². The van der Waals surface area contributed by atoms with Crippen LogP contribution in [-0.4, -0.2) is 14.3 Å². The molecule has 2 N–H and O–H groups in total. The van der Waals surface area contributed by atoms with Crippen molar-refractivity contribution in [2.75, 3.05) is 0 Å². The van der Waals surface area contributed by atoms with Crippen molar-refractivity contribution < 1.29 is 0 Å². The van der Waals surface area contributed by atoms with Crippen LogP contribution < -0.4 is 5.73 Å². The largest absolute Gasteiger partial charge is 0.348 e. The van der Waals surface area contributed by atoms with E-state index in [2.05, 4.69) is 57.9 Å². The maximum Gasteiger partial charge on any atom is 0.0767 e. The summed E-state index contributed by atoms with van der Waals surface area (Å²) in [6.45, 7) is 5.09. The highest BCUT2D eigenvalue weighted by atomic mass is 79.9. The maximum atomic E-state index is 6.16. The van der Waals surface area contributed by atoms with Gasteiger partial charge in [0.15, 0.2) is 0 Å². The average molecular weight is 339 g/mol. The Kier molecular flexibility index (Phi) is 5.05. The molecule has 0 aliphatic carbocycles. The zero-order chi connectivity index (χ0) is 14.7. The normalized spacial score (nSPS) is 12.8. The summed E-state index contributed by atoms with van der Waals surface area (Å²) in [5, 5.41) is 4.53. The Labute approximate surface area is 129 Å². The lowest BCUT2D eigenvalue weighted by molar-refractivity contribution is 0.631. The summed E-state index contributed by atoms with van der Waals surface area (Å²) in [6.07, 6.45) is 7.31. The van der Waals surface area contributed by atoms with E-state index < -0.39 is 0 Å². The van der Waals surface area contributed by atoms with Crippen LogP contribution in [0.5, 0.6) is 0 Å². The van der Waals surface area contributed by atoms with E-state index in [1.807, 2.05) is 11.7 Å². The van der Waals surface area contributed by atoms with Crippen LogP contribution in [0.4, 0.5) is 0 Å². The van der Waals surface area contributed by atoms with E-state index in [4.69, 9.17) is 5.73 Å². The minimum absolute atomic E-state index is 0.141. The lowest BCUT2D eigenvalue weighted by atomic mass is 10.1. The molecule has 0 saturated carbocycles. The van der Waals surface area contributed by atoms with Crippen LogP contribution in [0, 0.1) is 0 Å². The lowest BCUT2D eigenvalue weighted by Crippen LogP contribution is -2.09. The molecular formula is C15H23BrN4. The minimum atomic E-state index is 0.141. The van der Waals surface area contributed by atoms with Gasteiger partial charge < -0.3 is 10.3 Å². The summed E-state index contributed by atoms with van der Waals surface area (Å²) in [5.41, 5.74) is 9.66. The molecule has 1 atom stereocenters. The average Bonchev–Trinajstić information content (AvgIpc) is 2.99. The number of aryl methyl sites for hydroxylation is 2. The third-order valence-electron chi connectivity index (χ3n) is 3.64. The van der Waals surface area contributed by atoms with Gasteiger partial charge in [-0.25, -0.2) is 0 Å². The molecule has 2 rings (SSSR count). The molecule has 0 aliphatic heterocycles. The molecule has 0 aromatic carbocycles. The Balaban J connectivity index is 2.17. The van der Waals surface area contributed by atoms with Gasteiger partial charge in [-0.1, -0.05) is 20.3 Å². The van der Waals surface area contributed by atoms with Gasteiger partial charge in [0.1, 0.15) is 0 Å². The Morgan fingerprint density at radius 2 is 2.15 bits per heavy atom. The van der Waals surface area contributed by atoms with Crippen molar-refractivity contribution in [1.29, 1.82) is 0 Å². The van der Waals surface area contributed by atoms with Crippen molar-refractivity contribution in [1.82, 2.24) is 14.3 Å². The number of nitrogens with zero attached hydrogens (tertiary/aromatic N) is 3. The van der Waals surface area contributed by atoms with E-state index in [1.165, 1.54) is 11.3 Å². The molecule has 0 bridgehead atoms. The van der Waals surface area contributed by atoms with Gasteiger partial charge >= 0.3 is 0 Å². The van der Waals surface area contributed by atoms with E-state index >= 15 is 0 Å². The second-order valence-electron chi connectivity index (χ2n) is 5.20. The van der Waals surface area contributed by atoms with Crippen molar-refractivity contribution in [3.8, 4) is 0 Å². The molecule has 110 valence electrons. The first-order chi connectivity index (χ1) is 9.56. The van der Waals surface area contributed by atoms with Gasteiger partial charge in [-0.05, 0) is 40.4 Å². The second-order valence-corrected chi connectivity index (χ2v) is 5.99. The zero-order valence-electron chi connectivity index (χ0n) is 12.4. The number of aromatic nitrogens is 3. The highest BCUT2D eigenvalue weighted by Crippen LogP contribution is 2.23. The number of hydrogen-bond donors (Lipinski definition) is 1. The van der Waals surface area contributed by atoms with Crippen molar-refractivity contribution in [3.63, 3.8) is 0 Å². The van der Waals surface area contributed by atoms with Gasteiger partial charge in [0.2, 0.25) is 0 Å². The molecular weight excluding hydrogens is 316 g/mol. The Morgan fingerprint density at radius 3 is 2.75 bits per heavy atom. The van der Waals surface area contributed by atoms with Crippen LogP contribution in [0.3, 0.4) is 0 Å². The van der Waals surface area contributed by atoms with Crippen molar-refractivity contribution in [3.05, 3.63) is 39.9 Å². The fourth-order valence-electron chi connectivity index (χ4n) is 2.42. The van der Waals surface area contributed by atoms with Crippen LogP contribution in [0.1, 0.15) is 49.7 Å². The SMILES string of the molecule is CCCC(N)c1ccn(Cc2c(Br)c(CC)nn2C)c1. The molecule has 5 heteroatoms. The number of hydrogen-bond acceptors (Lipinski definition) is 2. The second kappa shape index (κ2) is 6.59. The molecule has 0 radical (unpaired) electrons. The maximum absolute atomic E-state index is 6.16. The molecule has 2 aromatic rings. The molecule has 0 saturated heterocycles. The standard InChI is InChI=1S/C15H23BrN4/c1-4-6-12(17)11-7-8-20(9-11)10-14-15(16)13(5-2)18-19(14)3/h7-9,12H,4-6,10,17H2,1-3H3. The van der Waals surface area contributed by atoms with E-state index in [-0.39, 0.29) is 6.04 Å². The lowest BCUT2D eigenvalue weighted by Gasteiger charge is -2.08. The Bertz CT molecular complexity index is 570. The summed E-state index contributed by atoms with van der Waals surface area (Å²) in [5.74, 6) is 0. The molecule has 0 fully saturated rings. The minimum Gasteiger partial charge on any atom is -0.348 e. The summed E-state index contributed by atoms with van der Waals surface area (Å²) >= 11 is 3.66. The fraction of sp³-hybridized carbons (Fsp3) is 0.533. The predicted octanol–water partition coefficient (Wildman–Crippen LogP) is 3.39. The molecule has 20 heavy (non-hydrogen) atoms. The first-order valence-electron chi connectivity index (χ1n) is 7.18. The number of halogens is 1. The van der Waals surface area contributed by atoms with Gasteiger partial charge in [0, 0.05) is 25.5 Å². The monoisotopic (exact) mass is 338 g/mol. The highest BCUT2D eigenvalue weighted by Gasteiger charge is 2.13. The smallest absolute Gasteiger partial charge is 0.0767 e. The van der Waals surface area contributed by atoms with Crippen LogP contribution in [0.15, 0.2) is 22.9 Å². The van der Waals surface area contributed by atoms with E-state index in [0.29, 0.717) is 0 Å². The van der Waals surface area contributed by atoms with E-state index in [9.17, 15) is 0 Å². The molecule has 0 spiro atoms. The summed E-state index contributed by atoms with van der Waals surface area (Å²) < 4.78 is 5.25. The Hall–Kier alpha value is -1.07. The van der Waals surface area contributed by atoms with Crippen molar-refractivity contribution in [2.24, 2.45) is 12.8 Å². The first-order valence-corrected chi connectivity index (χ1v) is 7.97. The fourth-order valence-corrected chi connectivity index (χ4v) is 3.16. The summed E-state index contributed by atoms with van der Waals surface area (Å²) in [7, 11) is 1.99. The third kappa shape index (κ3) is 3.15. The molecule has 0 amide bonds. The number of nitrogens with two attached hydrogens (primary N) is 1. The van der Waals surface area contributed by atoms with Crippen LogP contribution in [0.2, 0.25) is 0 Å². The van der Waals surface area contributed by atoms with Crippen molar-refractivity contribution >= 4 is 15.9 Å². The van der Waals surface area contributed by atoms with E-state index in [1.54, 1.807) is 0 Å². The number of rotatable bonds is 6. The van der Waals surface area contributed by atoms with Gasteiger partial charge in [-0.2, -0.15) is 5.10 Å². The molecule has 2 aromatic heterocycles. The van der Waals surface area contributed by atoms with Gasteiger partial charge in [0.25, 0.3) is 0 Å². The third-order valence-corrected chi connectivity index (χ3v) is 4.55. The molecule has 1 unspecified atom stereocenters. The molecule has 4 nitrogen and oxygen atoms in total. The predicted molar refractivity (Wildman–Crippen MR) is 85.7 cm³/mol. The van der Waals surface area contributed by atoms with Gasteiger partial charge in [-0.15, -0.1) is 0 Å². The quantitative estimate of drug-likeness (QED) is 0.877. The van der Waals surface area contributed by atoms with E-state index in [0.717, 1.165) is 36.0 Å². The van der Waals surface area contributed by atoms with Crippen molar-refractivity contribution in [2.45, 2.75) is 45.7 Å². The van der Waals surface area contributed by atoms with Gasteiger partial charge in [0.05, 0.1) is 22.4 Å². The zero-order valence-corrected chi connectivity index (χ0v) is 14.0. The topological polar surface area (TPSA) is 48.8 Å². The van der Waals surface area contributed by atoms with Crippen LogP contribution >= 0.6 is 15.9 Å². The van der Waals surface area contributed by atoms with Gasteiger partial charge in [-0.3, -0.25) is 4.68 Å². The summed E-state index contributed by atoms with van der Waals surface area (Å²) in [4.78, 5) is 0. The Morgan fingerprint density at radius 1 is 1.40 bits per heavy atom. The molecule has 2 heterocycles.